The second-order valence-corrected chi connectivity index (χ2v) is 2.63. The maximum absolute atomic E-state index is 7.31. The Morgan fingerprint density at radius 1 is 1.09 bits per heavy atom. The molecule has 0 spiro atoms. The zero-order valence-corrected chi connectivity index (χ0v) is 7.98. The predicted octanol–water partition coefficient (Wildman–Crippen LogP) is 2.50. The van der Waals surface area contributed by atoms with Gasteiger partial charge in [0.2, 0.25) is 0 Å². The van der Waals surface area contributed by atoms with Crippen molar-refractivity contribution in [2.24, 2.45) is 0 Å². The van der Waals surface area contributed by atoms with Crippen LogP contribution < -0.4 is 0 Å². The fourth-order valence-electron chi connectivity index (χ4n) is 1.23. The van der Waals surface area contributed by atoms with Crippen LogP contribution in [0.5, 0.6) is 0 Å². The van der Waals surface area contributed by atoms with Crippen LogP contribution >= 0.6 is 0 Å². The van der Waals surface area contributed by atoms with Crippen molar-refractivity contribution in [2.45, 2.75) is 40.0 Å². The molecule has 0 bridgehead atoms. The Morgan fingerprint density at radius 3 is 1.82 bits per heavy atom. The van der Waals surface area contributed by atoms with Gasteiger partial charge in [0.05, 0.1) is 5.84 Å². The minimum atomic E-state index is 0.731. The van der Waals surface area contributed by atoms with Gasteiger partial charge in [-0.05, 0) is 26.2 Å². The molecule has 0 unspecified atom stereocenters. The van der Waals surface area contributed by atoms with E-state index in [0.29, 0.717) is 0 Å². The summed E-state index contributed by atoms with van der Waals surface area (Å²) >= 11 is 0. The molecule has 1 rings (SSSR count). The van der Waals surface area contributed by atoms with E-state index in [9.17, 15) is 0 Å². The molecule has 0 amide bonds. The molecule has 0 aromatic carbocycles. The van der Waals surface area contributed by atoms with Crippen molar-refractivity contribution < 1.29 is 0 Å². The maximum Gasteiger partial charge on any atom is 0.0925 e. The Kier molecular flexibility index (Phi) is 5.90. The third-order valence-electron chi connectivity index (χ3n) is 1.83. The minimum Gasteiger partial charge on any atom is -0.361 e. The van der Waals surface area contributed by atoms with E-state index < -0.39 is 0 Å². The summed E-state index contributed by atoms with van der Waals surface area (Å²) in [5.41, 5.74) is 0. The smallest absolute Gasteiger partial charge is 0.0925 e. The summed E-state index contributed by atoms with van der Waals surface area (Å²) in [7, 11) is 0. The maximum atomic E-state index is 7.31. The lowest BCUT2D eigenvalue weighted by atomic mass is 10.1. The van der Waals surface area contributed by atoms with E-state index in [-0.39, 0.29) is 0 Å². The summed E-state index contributed by atoms with van der Waals surface area (Å²) in [4.78, 5) is 2.14. The molecular weight excluding hydrogens is 136 g/mol. The number of piperidine rings is 1. The topological polar surface area (TPSA) is 27.1 Å². The number of nitrogens with zero attached hydrogens (tertiary/aromatic N) is 1. The lowest BCUT2D eigenvalue weighted by Gasteiger charge is -2.27. The van der Waals surface area contributed by atoms with Crippen LogP contribution in [-0.2, 0) is 0 Å². The molecule has 0 radical (unpaired) electrons. The number of rotatable bonds is 0. The van der Waals surface area contributed by atoms with Gasteiger partial charge in [-0.25, -0.2) is 0 Å². The molecule has 0 aromatic rings. The Bertz CT molecular complexity index is 104. The van der Waals surface area contributed by atoms with Crippen LogP contribution in [0.1, 0.15) is 40.0 Å². The second kappa shape index (κ2) is 6.20. The Hall–Kier alpha value is -0.530. The number of hydrogen-bond donors (Lipinski definition) is 1. The molecule has 1 N–H and O–H groups in total. The van der Waals surface area contributed by atoms with Gasteiger partial charge in [0.1, 0.15) is 0 Å². The van der Waals surface area contributed by atoms with Gasteiger partial charge in [0.25, 0.3) is 0 Å². The fraction of sp³-hybridized carbons (Fsp3) is 0.889. The standard InChI is InChI=1S/C7H14N2.C2H6/c1-7(8)9-5-3-2-4-6-9;1-2/h8H,2-6H2,1H3;1-2H3. The summed E-state index contributed by atoms with van der Waals surface area (Å²) in [5.74, 6) is 0.731. The van der Waals surface area contributed by atoms with Crippen LogP contribution in [0.4, 0.5) is 0 Å². The van der Waals surface area contributed by atoms with E-state index >= 15 is 0 Å². The Balaban J connectivity index is 0.000000461. The van der Waals surface area contributed by atoms with E-state index in [1.807, 2.05) is 20.8 Å². The van der Waals surface area contributed by atoms with Gasteiger partial charge in [-0.3, -0.25) is 5.41 Å². The Morgan fingerprint density at radius 2 is 1.55 bits per heavy atom. The van der Waals surface area contributed by atoms with Crippen molar-refractivity contribution in [1.82, 2.24) is 4.90 Å². The van der Waals surface area contributed by atoms with Crippen LogP contribution in [0.15, 0.2) is 0 Å². The number of amidine groups is 1. The minimum absolute atomic E-state index is 0.731. The molecule has 66 valence electrons. The largest absolute Gasteiger partial charge is 0.361 e. The SMILES string of the molecule is CC.CC(=N)N1CCCCC1. The zero-order valence-electron chi connectivity index (χ0n) is 7.98. The van der Waals surface area contributed by atoms with Crippen LogP contribution in [-0.4, -0.2) is 23.8 Å². The number of hydrogen-bond acceptors (Lipinski definition) is 1. The summed E-state index contributed by atoms with van der Waals surface area (Å²) in [6, 6.07) is 0. The van der Waals surface area contributed by atoms with Gasteiger partial charge in [0, 0.05) is 13.1 Å². The average molecular weight is 156 g/mol. The molecule has 1 heterocycles. The lowest BCUT2D eigenvalue weighted by molar-refractivity contribution is 0.339. The van der Waals surface area contributed by atoms with Crippen LogP contribution in [0.2, 0.25) is 0 Å². The van der Waals surface area contributed by atoms with Crippen LogP contribution in [0, 0.1) is 5.41 Å². The molecule has 1 saturated heterocycles. The average Bonchev–Trinajstić information content (AvgIpc) is 2.10. The molecule has 1 aliphatic heterocycles. The molecule has 1 aliphatic rings. The second-order valence-electron chi connectivity index (χ2n) is 2.63. The molecule has 0 aliphatic carbocycles. The normalized spacial score (nSPS) is 16.8. The zero-order chi connectivity index (χ0) is 8.69. The van der Waals surface area contributed by atoms with Gasteiger partial charge >= 0.3 is 0 Å². The molecule has 1 fully saturated rings. The number of nitrogens with one attached hydrogen (secondary N) is 1. The molecule has 2 heteroatoms. The van der Waals surface area contributed by atoms with Crippen molar-refractivity contribution in [3.8, 4) is 0 Å². The predicted molar refractivity (Wildman–Crippen MR) is 50.2 cm³/mol. The molecule has 2 nitrogen and oxygen atoms in total. The van der Waals surface area contributed by atoms with Crippen LogP contribution in [0.3, 0.4) is 0 Å². The van der Waals surface area contributed by atoms with Gasteiger partial charge in [0.15, 0.2) is 0 Å². The third kappa shape index (κ3) is 4.02. The highest BCUT2D eigenvalue weighted by atomic mass is 15.2. The monoisotopic (exact) mass is 156 g/mol. The molecule has 0 aromatic heterocycles. The van der Waals surface area contributed by atoms with Crippen molar-refractivity contribution >= 4 is 5.84 Å². The van der Waals surface area contributed by atoms with Crippen molar-refractivity contribution in [3.63, 3.8) is 0 Å². The van der Waals surface area contributed by atoms with E-state index in [1.54, 1.807) is 0 Å². The van der Waals surface area contributed by atoms with Gasteiger partial charge in [-0.15, -0.1) is 0 Å². The molecule has 0 atom stereocenters. The first-order chi connectivity index (χ1) is 5.30. The summed E-state index contributed by atoms with van der Waals surface area (Å²) in [6.07, 6.45) is 3.90. The van der Waals surface area contributed by atoms with Crippen LogP contribution in [0.25, 0.3) is 0 Å². The van der Waals surface area contributed by atoms with E-state index in [2.05, 4.69) is 4.90 Å². The summed E-state index contributed by atoms with van der Waals surface area (Å²) in [5, 5.41) is 7.31. The van der Waals surface area contributed by atoms with Gasteiger partial charge < -0.3 is 4.90 Å². The highest BCUT2D eigenvalue weighted by Crippen LogP contribution is 2.07. The van der Waals surface area contributed by atoms with Gasteiger partial charge in [-0.2, -0.15) is 0 Å². The molecular formula is C9H20N2. The van der Waals surface area contributed by atoms with Gasteiger partial charge in [-0.1, -0.05) is 13.8 Å². The lowest BCUT2D eigenvalue weighted by Crippen LogP contribution is -2.33. The highest BCUT2D eigenvalue weighted by Gasteiger charge is 2.08. The van der Waals surface area contributed by atoms with Crippen molar-refractivity contribution in [3.05, 3.63) is 0 Å². The first kappa shape index (κ1) is 10.5. The van der Waals surface area contributed by atoms with E-state index in [0.717, 1.165) is 18.9 Å². The van der Waals surface area contributed by atoms with Crippen molar-refractivity contribution in [1.29, 1.82) is 5.41 Å². The molecule has 11 heavy (non-hydrogen) atoms. The Labute approximate surface area is 70.1 Å². The number of likely N-dealkylation sites (tertiary alicyclic amines) is 1. The first-order valence-electron chi connectivity index (χ1n) is 4.61. The summed E-state index contributed by atoms with van der Waals surface area (Å²) < 4.78 is 0. The van der Waals surface area contributed by atoms with E-state index in [1.165, 1.54) is 19.3 Å². The first-order valence-corrected chi connectivity index (χ1v) is 4.61. The van der Waals surface area contributed by atoms with E-state index in [4.69, 9.17) is 5.41 Å². The fourth-order valence-corrected chi connectivity index (χ4v) is 1.23. The quantitative estimate of drug-likeness (QED) is 0.423. The highest BCUT2D eigenvalue weighted by molar-refractivity contribution is 5.76. The van der Waals surface area contributed by atoms with Crippen molar-refractivity contribution in [2.75, 3.05) is 13.1 Å². The molecule has 0 saturated carbocycles. The third-order valence-corrected chi connectivity index (χ3v) is 1.83. The summed E-state index contributed by atoms with van der Waals surface area (Å²) in [6.45, 7) is 8.08.